The molecule has 0 unspecified atom stereocenters. The van der Waals surface area contributed by atoms with Gasteiger partial charge in [-0.15, -0.1) is 0 Å². The van der Waals surface area contributed by atoms with Gasteiger partial charge in [-0.25, -0.2) is 0 Å². The Labute approximate surface area is 217 Å². The third kappa shape index (κ3) is 3.70. The second kappa shape index (κ2) is 8.18. The van der Waals surface area contributed by atoms with Crippen molar-refractivity contribution in [3.63, 3.8) is 0 Å². The van der Waals surface area contributed by atoms with Gasteiger partial charge in [0.05, 0.1) is 0 Å². The second-order valence-corrected chi connectivity index (χ2v) is 13.5. The van der Waals surface area contributed by atoms with Crippen molar-refractivity contribution in [1.82, 2.24) is 0 Å². The Bertz CT molecular complexity index is 1390. The number of fused-ring (bicyclic) bond motifs is 4. The summed E-state index contributed by atoms with van der Waals surface area (Å²) in [5.74, 6) is 0. The molecule has 0 aromatic heterocycles. The first kappa shape index (κ1) is 31.6. The van der Waals surface area contributed by atoms with Crippen molar-refractivity contribution in [1.29, 1.82) is 0 Å². The van der Waals surface area contributed by atoms with Gasteiger partial charge < -0.3 is 0 Å². The van der Waals surface area contributed by atoms with Crippen molar-refractivity contribution in [2.24, 2.45) is 0 Å². The van der Waals surface area contributed by atoms with Crippen LogP contribution in [0.5, 0.6) is 0 Å². The predicted octanol–water partition coefficient (Wildman–Crippen LogP) is 6.50. The van der Waals surface area contributed by atoms with E-state index in [1.165, 1.54) is 0 Å². The molecule has 1 spiro atoms. The van der Waals surface area contributed by atoms with E-state index in [2.05, 4.69) is 13.0 Å². The molecule has 4 rings (SSSR count). The standard InChI is InChI=1S/C19H8F15O5PS/c20-15(21,22)13(16(23,24)25)9-5-1-3-7-11(9)40(37-13,39-41(35,36)19(32,33)34)12-8-4-2-6-10(12)14(38-40,17(26,27)28)18(29,30)31/h1-8H. The first-order chi connectivity index (χ1) is 18.2. The van der Waals surface area contributed by atoms with Crippen molar-refractivity contribution >= 4 is 28.0 Å². The van der Waals surface area contributed by atoms with Gasteiger partial charge in [0, 0.05) is 0 Å². The van der Waals surface area contributed by atoms with Gasteiger partial charge in [-0.1, -0.05) is 0 Å². The Morgan fingerprint density at radius 3 is 1.12 bits per heavy atom. The van der Waals surface area contributed by atoms with Crippen LogP contribution < -0.4 is 10.6 Å². The van der Waals surface area contributed by atoms with Gasteiger partial charge >= 0.3 is 216 Å². The fourth-order valence-corrected chi connectivity index (χ4v) is 11.6. The molecule has 5 nitrogen and oxygen atoms in total. The summed E-state index contributed by atoms with van der Waals surface area (Å²) in [6, 6.07) is 0.799. The zero-order valence-corrected chi connectivity index (χ0v) is 20.4. The van der Waals surface area contributed by atoms with Crippen LogP contribution in [0, 0.1) is 0 Å². The maximum atomic E-state index is 14.3. The monoisotopic (exact) mass is 664 g/mol. The van der Waals surface area contributed by atoms with Gasteiger partial charge in [-0.05, 0) is 0 Å². The minimum absolute atomic E-state index is 0.113. The number of benzene rings is 2. The Morgan fingerprint density at radius 1 is 0.561 bits per heavy atom. The molecular weight excluding hydrogens is 656 g/mol. The number of hydrogen-bond acceptors (Lipinski definition) is 5. The average molecular weight is 664 g/mol. The summed E-state index contributed by atoms with van der Waals surface area (Å²) in [4.78, 5) is 0. The average Bonchev–Trinajstić information content (AvgIpc) is 3.20. The zero-order chi connectivity index (χ0) is 31.5. The summed E-state index contributed by atoms with van der Waals surface area (Å²) in [6.07, 6.45) is -27.7. The van der Waals surface area contributed by atoms with Crippen molar-refractivity contribution in [2.45, 2.75) is 41.4 Å². The molecule has 22 heteroatoms. The summed E-state index contributed by atoms with van der Waals surface area (Å²) < 4.78 is 249. The molecule has 2 aromatic carbocycles. The van der Waals surface area contributed by atoms with E-state index in [1.807, 2.05) is 0 Å². The fraction of sp³-hybridized carbons (Fsp3) is 0.368. The van der Waals surface area contributed by atoms with E-state index < -0.39 is 80.6 Å². The van der Waals surface area contributed by atoms with Gasteiger partial charge in [0.15, 0.2) is 0 Å². The molecule has 41 heavy (non-hydrogen) atoms. The Kier molecular flexibility index (Phi) is 6.30. The Morgan fingerprint density at radius 2 is 0.854 bits per heavy atom. The van der Waals surface area contributed by atoms with Crippen molar-refractivity contribution in [3.05, 3.63) is 59.7 Å². The van der Waals surface area contributed by atoms with Gasteiger partial charge in [0.1, 0.15) is 0 Å². The number of hydrogen-bond donors (Lipinski definition) is 0. The van der Waals surface area contributed by atoms with Gasteiger partial charge in [-0.2, -0.15) is 0 Å². The molecule has 0 saturated carbocycles. The number of halogens is 15. The fourth-order valence-electron chi connectivity index (χ4n) is 4.63. The number of alkyl halides is 15. The molecule has 2 aromatic rings. The summed E-state index contributed by atoms with van der Waals surface area (Å²) in [7, 11) is -16.3. The molecule has 0 radical (unpaired) electrons. The van der Waals surface area contributed by atoms with E-state index in [4.69, 9.17) is 0 Å². The summed E-state index contributed by atoms with van der Waals surface area (Å²) in [5.41, 5.74) is -23.8. The van der Waals surface area contributed by atoms with E-state index in [0.29, 0.717) is 24.3 Å². The molecule has 0 aliphatic carbocycles. The summed E-state index contributed by atoms with van der Waals surface area (Å²) >= 11 is 0. The van der Waals surface area contributed by atoms with Crippen LogP contribution in [0.3, 0.4) is 0 Å². The van der Waals surface area contributed by atoms with Crippen LogP contribution in [0.15, 0.2) is 48.5 Å². The SMILES string of the molecule is O=S(=O)(OP12(OC(C(F)(F)F)(C(F)(F)F)c3ccccc31)OC(C(F)(F)F)(C(F)(F)F)c1ccccc12)C(F)(F)F. The van der Waals surface area contributed by atoms with E-state index in [9.17, 15) is 74.3 Å². The molecule has 0 N–H and O–H groups in total. The van der Waals surface area contributed by atoms with Crippen LogP contribution in [0.2, 0.25) is 0 Å². The van der Waals surface area contributed by atoms with E-state index in [0.717, 1.165) is 0 Å². The molecule has 2 aliphatic heterocycles. The normalized spacial score (nSPS) is 22.6. The van der Waals surface area contributed by atoms with Crippen molar-refractivity contribution < 1.29 is 87.3 Å². The molecule has 230 valence electrons. The van der Waals surface area contributed by atoms with Gasteiger partial charge in [0.2, 0.25) is 0 Å². The van der Waals surface area contributed by atoms with Crippen LogP contribution in [-0.4, -0.2) is 38.6 Å². The maximum absolute atomic E-state index is 14.3. The molecule has 0 amide bonds. The first-order valence-corrected chi connectivity index (χ1v) is 13.5. The summed E-state index contributed by atoms with van der Waals surface area (Å²) in [5, 5.41) is -4.47. The van der Waals surface area contributed by atoms with Gasteiger partial charge in [0.25, 0.3) is 0 Å². The second-order valence-electron chi connectivity index (χ2n) is 8.43. The first-order valence-electron chi connectivity index (χ1n) is 10.1. The van der Waals surface area contributed by atoms with Crippen LogP contribution >= 0.6 is 7.28 Å². The van der Waals surface area contributed by atoms with Crippen molar-refractivity contribution in [2.75, 3.05) is 0 Å². The van der Waals surface area contributed by atoms with Crippen LogP contribution in [0.1, 0.15) is 11.1 Å². The zero-order valence-electron chi connectivity index (χ0n) is 18.7. The Hall–Kier alpha value is -2.35. The summed E-state index contributed by atoms with van der Waals surface area (Å²) in [6.45, 7) is 0. The van der Waals surface area contributed by atoms with Crippen LogP contribution in [0.25, 0.3) is 0 Å². The number of rotatable bonds is 2. The van der Waals surface area contributed by atoms with E-state index in [-0.39, 0.29) is 24.3 Å². The predicted molar refractivity (Wildman–Crippen MR) is 105 cm³/mol. The van der Waals surface area contributed by atoms with Crippen molar-refractivity contribution in [3.8, 4) is 0 Å². The third-order valence-electron chi connectivity index (χ3n) is 6.12. The quantitative estimate of drug-likeness (QED) is 0.209. The molecular formula is C19H8F15O5PS. The molecule has 0 saturated heterocycles. The molecule has 0 bridgehead atoms. The van der Waals surface area contributed by atoms with Gasteiger partial charge in [-0.3, -0.25) is 0 Å². The van der Waals surface area contributed by atoms with Crippen LogP contribution in [0.4, 0.5) is 65.9 Å². The van der Waals surface area contributed by atoms with E-state index >= 15 is 0 Å². The minimum atomic E-state index is -8.55. The topological polar surface area (TPSA) is 61.8 Å². The molecule has 2 aliphatic rings. The molecule has 0 fully saturated rings. The molecule has 2 heterocycles. The third-order valence-corrected chi connectivity index (χ3v) is 12.2. The molecule has 0 atom stereocenters. The Balaban J connectivity index is 2.37. The van der Waals surface area contributed by atoms with Crippen LogP contribution in [-0.2, 0) is 34.3 Å². The van der Waals surface area contributed by atoms with E-state index in [1.54, 1.807) is 0 Å².